The fourth-order valence-corrected chi connectivity index (χ4v) is 2.10. The second-order valence-corrected chi connectivity index (χ2v) is 4.55. The average molecular weight is 256 g/mol. The summed E-state index contributed by atoms with van der Waals surface area (Å²) in [4.78, 5) is 10.9. The topological polar surface area (TPSA) is 29.0 Å². The molecule has 0 saturated carbocycles. The van der Waals surface area contributed by atoms with Crippen LogP contribution in [0.4, 0.5) is 5.82 Å². The highest BCUT2D eigenvalue weighted by atomic mass is 79.9. The number of piperidine rings is 1. The van der Waals surface area contributed by atoms with E-state index in [1.54, 1.807) is 6.20 Å². The van der Waals surface area contributed by atoms with Crippen LogP contribution in [0.1, 0.15) is 26.2 Å². The Labute approximate surface area is 92.7 Å². The van der Waals surface area contributed by atoms with Crippen LogP contribution in [0.3, 0.4) is 0 Å². The molecule has 1 unspecified atom stereocenters. The maximum Gasteiger partial charge on any atom is 0.147 e. The Hall–Kier alpha value is -0.640. The van der Waals surface area contributed by atoms with Crippen molar-refractivity contribution in [1.29, 1.82) is 0 Å². The largest absolute Gasteiger partial charge is 0.353 e. The van der Waals surface area contributed by atoms with E-state index >= 15 is 0 Å². The van der Waals surface area contributed by atoms with E-state index in [0.717, 1.165) is 17.0 Å². The van der Waals surface area contributed by atoms with E-state index in [9.17, 15) is 0 Å². The minimum atomic E-state index is 0.597. The van der Waals surface area contributed by atoms with Gasteiger partial charge in [-0.1, -0.05) is 0 Å². The number of aromatic nitrogens is 2. The number of hydrogen-bond acceptors (Lipinski definition) is 3. The first-order chi connectivity index (χ1) is 6.77. The lowest BCUT2D eigenvalue weighted by Gasteiger charge is -2.34. The van der Waals surface area contributed by atoms with Crippen LogP contribution in [0.25, 0.3) is 0 Å². The predicted octanol–water partition coefficient (Wildman–Crippen LogP) is 2.62. The minimum absolute atomic E-state index is 0.597. The van der Waals surface area contributed by atoms with E-state index in [2.05, 4.69) is 37.7 Å². The highest BCUT2D eigenvalue weighted by Gasteiger charge is 2.19. The van der Waals surface area contributed by atoms with Gasteiger partial charge in [-0.2, -0.15) is 0 Å². The Morgan fingerprint density at radius 2 is 2.21 bits per heavy atom. The van der Waals surface area contributed by atoms with Crippen molar-refractivity contribution < 1.29 is 0 Å². The van der Waals surface area contributed by atoms with Crippen molar-refractivity contribution in [3.05, 3.63) is 17.0 Å². The van der Waals surface area contributed by atoms with E-state index in [0.29, 0.717) is 6.04 Å². The van der Waals surface area contributed by atoms with Crippen molar-refractivity contribution in [1.82, 2.24) is 9.97 Å². The molecule has 0 N–H and O–H groups in total. The molecule has 0 radical (unpaired) electrons. The summed E-state index contributed by atoms with van der Waals surface area (Å²) in [7, 11) is 0. The van der Waals surface area contributed by atoms with E-state index in [1.807, 2.05) is 6.20 Å². The molecule has 4 heteroatoms. The molecule has 14 heavy (non-hydrogen) atoms. The quantitative estimate of drug-likeness (QED) is 0.773. The standard InChI is InChI=1S/C10H14BrN3/c1-8-4-2-3-5-14(8)10-7-12-9(11)6-13-10/h6-8H,2-5H2,1H3. The van der Waals surface area contributed by atoms with Gasteiger partial charge in [0.25, 0.3) is 0 Å². The van der Waals surface area contributed by atoms with E-state index < -0.39 is 0 Å². The molecule has 0 aromatic carbocycles. The Balaban J connectivity index is 2.16. The first kappa shape index (κ1) is 9.90. The molecule has 1 aliphatic heterocycles. The van der Waals surface area contributed by atoms with Gasteiger partial charge in [0.05, 0.1) is 12.4 Å². The second-order valence-electron chi connectivity index (χ2n) is 3.74. The van der Waals surface area contributed by atoms with Gasteiger partial charge in [-0.15, -0.1) is 0 Å². The smallest absolute Gasteiger partial charge is 0.147 e. The molecule has 1 fully saturated rings. The summed E-state index contributed by atoms with van der Waals surface area (Å²) in [5, 5.41) is 0. The number of anilines is 1. The normalized spacial score (nSPS) is 22.4. The lowest BCUT2D eigenvalue weighted by Crippen LogP contribution is -2.38. The SMILES string of the molecule is CC1CCCCN1c1cnc(Br)cn1. The van der Waals surface area contributed by atoms with Gasteiger partial charge in [0.15, 0.2) is 0 Å². The zero-order valence-corrected chi connectivity index (χ0v) is 9.87. The fraction of sp³-hybridized carbons (Fsp3) is 0.600. The van der Waals surface area contributed by atoms with Gasteiger partial charge in [0.1, 0.15) is 10.4 Å². The molecule has 2 heterocycles. The Kier molecular flexibility index (Phi) is 3.01. The fourth-order valence-electron chi connectivity index (χ4n) is 1.89. The molecule has 1 saturated heterocycles. The maximum absolute atomic E-state index is 4.37. The summed E-state index contributed by atoms with van der Waals surface area (Å²) in [6.45, 7) is 3.36. The molecule has 0 spiro atoms. The monoisotopic (exact) mass is 255 g/mol. The molecule has 0 amide bonds. The minimum Gasteiger partial charge on any atom is -0.353 e. The van der Waals surface area contributed by atoms with E-state index in [-0.39, 0.29) is 0 Å². The van der Waals surface area contributed by atoms with Gasteiger partial charge in [0.2, 0.25) is 0 Å². The van der Waals surface area contributed by atoms with Gasteiger partial charge in [0, 0.05) is 12.6 Å². The van der Waals surface area contributed by atoms with Crippen LogP contribution in [-0.4, -0.2) is 22.6 Å². The van der Waals surface area contributed by atoms with Gasteiger partial charge in [-0.3, -0.25) is 0 Å². The molecular formula is C10H14BrN3. The predicted molar refractivity (Wildman–Crippen MR) is 60.4 cm³/mol. The molecule has 1 aliphatic rings. The molecule has 3 nitrogen and oxygen atoms in total. The number of halogens is 1. The van der Waals surface area contributed by atoms with Crippen LogP contribution in [0, 0.1) is 0 Å². The summed E-state index contributed by atoms with van der Waals surface area (Å²) < 4.78 is 0.797. The molecule has 0 aliphatic carbocycles. The van der Waals surface area contributed by atoms with E-state index in [1.165, 1.54) is 19.3 Å². The molecule has 0 bridgehead atoms. The summed E-state index contributed by atoms with van der Waals surface area (Å²) in [6, 6.07) is 0.597. The van der Waals surface area contributed by atoms with Crippen molar-refractivity contribution in [2.24, 2.45) is 0 Å². The van der Waals surface area contributed by atoms with Gasteiger partial charge < -0.3 is 4.90 Å². The number of rotatable bonds is 1. The Morgan fingerprint density at radius 1 is 1.36 bits per heavy atom. The second kappa shape index (κ2) is 4.26. The van der Waals surface area contributed by atoms with Crippen LogP contribution in [-0.2, 0) is 0 Å². The summed E-state index contributed by atoms with van der Waals surface area (Å²) in [6.07, 6.45) is 7.46. The highest BCUT2D eigenvalue weighted by molar-refractivity contribution is 9.10. The van der Waals surface area contributed by atoms with Crippen LogP contribution in [0.2, 0.25) is 0 Å². The van der Waals surface area contributed by atoms with Gasteiger partial charge in [-0.25, -0.2) is 9.97 Å². The third kappa shape index (κ3) is 2.05. The average Bonchev–Trinajstić information content (AvgIpc) is 2.20. The first-order valence-electron chi connectivity index (χ1n) is 5.01. The van der Waals surface area contributed by atoms with Crippen LogP contribution in [0.15, 0.2) is 17.0 Å². The molecule has 1 atom stereocenters. The lowest BCUT2D eigenvalue weighted by atomic mass is 10.0. The third-order valence-corrected chi connectivity index (χ3v) is 3.11. The summed E-state index contributed by atoms with van der Waals surface area (Å²) in [5.41, 5.74) is 0. The van der Waals surface area contributed by atoms with Crippen LogP contribution >= 0.6 is 15.9 Å². The van der Waals surface area contributed by atoms with Crippen molar-refractivity contribution in [3.8, 4) is 0 Å². The Bertz CT molecular complexity index is 299. The maximum atomic E-state index is 4.37. The van der Waals surface area contributed by atoms with Crippen molar-refractivity contribution in [2.75, 3.05) is 11.4 Å². The van der Waals surface area contributed by atoms with Gasteiger partial charge >= 0.3 is 0 Å². The summed E-state index contributed by atoms with van der Waals surface area (Å²) in [5.74, 6) is 1.00. The molecule has 1 aromatic heterocycles. The molecular weight excluding hydrogens is 242 g/mol. The Morgan fingerprint density at radius 3 is 2.86 bits per heavy atom. The zero-order chi connectivity index (χ0) is 9.97. The zero-order valence-electron chi connectivity index (χ0n) is 8.28. The van der Waals surface area contributed by atoms with Crippen molar-refractivity contribution in [3.63, 3.8) is 0 Å². The number of nitrogens with zero attached hydrogens (tertiary/aromatic N) is 3. The van der Waals surface area contributed by atoms with Crippen LogP contribution in [0.5, 0.6) is 0 Å². The van der Waals surface area contributed by atoms with Gasteiger partial charge in [-0.05, 0) is 42.1 Å². The first-order valence-corrected chi connectivity index (χ1v) is 5.81. The van der Waals surface area contributed by atoms with Crippen LogP contribution < -0.4 is 4.90 Å². The molecule has 1 aromatic rings. The summed E-state index contributed by atoms with van der Waals surface area (Å²) >= 11 is 3.29. The third-order valence-electron chi connectivity index (χ3n) is 2.70. The molecule has 76 valence electrons. The number of hydrogen-bond donors (Lipinski definition) is 0. The van der Waals surface area contributed by atoms with E-state index in [4.69, 9.17) is 0 Å². The highest BCUT2D eigenvalue weighted by Crippen LogP contribution is 2.22. The molecule has 2 rings (SSSR count). The van der Waals surface area contributed by atoms with Crippen molar-refractivity contribution in [2.45, 2.75) is 32.2 Å². The van der Waals surface area contributed by atoms with Crippen molar-refractivity contribution >= 4 is 21.7 Å². The lowest BCUT2D eigenvalue weighted by molar-refractivity contribution is 0.480.